The van der Waals surface area contributed by atoms with Crippen LogP contribution in [0.5, 0.6) is 5.75 Å². The topological polar surface area (TPSA) is 82.2 Å². The predicted molar refractivity (Wildman–Crippen MR) is 129 cm³/mol. The number of carbonyl (C=O) groups excluding carboxylic acids is 1. The molecule has 2 heterocycles. The molecule has 0 spiro atoms. The molecule has 7 nitrogen and oxygen atoms in total. The van der Waals surface area contributed by atoms with Crippen LogP contribution in [0.4, 0.5) is 0 Å². The number of benzene rings is 2. The third kappa shape index (κ3) is 5.28. The first-order valence-corrected chi connectivity index (χ1v) is 11.7. The largest absolute Gasteiger partial charge is 0.497 e. The van der Waals surface area contributed by atoms with Crippen LogP contribution in [0.3, 0.4) is 0 Å². The molecule has 8 heteroatoms. The van der Waals surface area contributed by atoms with E-state index in [-0.39, 0.29) is 23.6 Å². The summed E-state index contributed by atoms with van der Waals surface area (Å²) in [5.74, 6) is 2.36. The quantitative estimate of drug-likeness (QED) is 0.347. The van der Waals surface area contributed by atoms with Gasteiger partial charge < -0.3 is 14.5 Å². The van der Waals surface area contributed by atoms with Gasteiger partial charge in [-0.25, -0.2) is 0 Å². The number of methoxy groups -OCH3 is 1. The van der Waals surface area contributed by atoms with Crippen molar-refractivity contribution in [2.75, 3.05) is 12.9 Å². The minimum atomic E-state index is -0.102. The summed E-state index contributed by atoms with van der Waals surface area (Å²) in [6.07, 6.45) is 1.60. The second-order valence-electron chi connectivity index (χ2n) is 7.81. The van der Waals surface area contributed by atoms with Crippen molar-refractivity contribution in [1.82, 2.24) is 20.1 Å². The standard InChI is InChI=1S/C25H26N4O3S/c1-17(2)23(18-11-13-20(31-3)14-12-18)26-22(30)16-33-25-28-27-24(21-10-7-15-32-21)29(25)19-8-5-4-6-9-19/h4-15,17,23H,16H2,1-3H3,(H,26,30). The van der Waals surface area contributed by atoms with Gasteiger partial charge in [0.2, 0.25) is 11.7 Å². The number of thioether (sulfide) groups is 1. The zero-order valence-corrected chi connectivity index (χ0v) is 19.6. The SMILES string of the molecule is COc1ccc(C(NC(=O)CSc2nnc(-c3ccco3)n2-c2ccccc2)C(C)C)cc1. The molecule has 0 aliphatic rings. The van der Waals surface area contributed by atoms with Gasteiger partial charge in [-0.1, -0.05) is 55.9 Å². The van der Waals surface area contributed by atoms with Crippen LogP contribution in [0.15, 0.2) is 82.6 Å². The zero-order valence-electron chi connectivity index (χ0n) is 18.8. The molecule has 0 bridgehead atoms. The molecule has 0 aliphatic carbocycles. The van der Waals surface area contributed by atoms with Crippen molar-refractivity contribution in [3.63, 3.8) is 0 Å². The van der Waals surface area contributed by atoms with Crippen LogP contribution in [-0.2, 0) is 4.79 Å². The van der Waals surface area contributed by atoms with Crippen molar-refractivity contribution in [3.05, 3.63) is 78.6 Å². The zero-order chi connectivity index (χ0) is 23.2. The molecular formula is C25H26N4O3S. The molecule has 0 saturated carbocycles. The van der Waals surface area contributed by atoms with Gasteiger partial charge in [0.05, 0.1) is 25.2 Å². The summed E-state index contributed by atoms with van der Waals surface area (Å²) in [6, 6.07) is 21.1. The lowest BCUT2D eigenvalue weighted by Crippen LogP contribution is -2.33. The fraction of sp³-hybridized carbons (Fsp3) is 0.240. The summed E-state index contributed by atoms with van der Waals surface area (Å²) >= 11 is 1.34. The summed E-state index contributed by atoms with van der Waals surface area (Å²) in [5, 5.41) is 12.4. The van der Waals surface area contributed by atoms with Gasteiger partial charge in [-0.05, 0) is 47.9 Å². The van der Waals surface area contributed by atoms with E-state index in [9.17, 15) is 4.79 Å². The number of para-hydroxylation sites is 1. The predicted octanol–water partition coefficient (Wildman–Crippen LogP) is 5.14. The molecule has 0 aliphatic heterocycles. The average Bonchev–Trinajstić information content (AvgIpc) is 3.51. The fourth-order valence-electron chi connectivity index (χ4n) is 3.53. The van der Waals surface area contributed by atoms with Gasteiger partial charge in [0.1, 0.15) is 5.75 Å². The van der Waals surface area contributed by atoms with E-state index in [1.165, 1.54) is 11.8 Å². The number of hydrogen-bond acceptors (Lipinski definition) is 6. The van der Waals surface area contributed by atoms with Crippen LogP contribution >= 0.6 is 11.8 Å². The lowest BCUT2D eigenvalue weighted by molar-refractivity contribution is -0.119. The van der Waals surface area contributed by atoms with E-state index in [0.717, 1.165) is 17.0 Å². The number of nitrogens with zero attached hydrogens (tertiary/aromatic N) is 3. The maximum atomic E-state index is 12.9. The summed E-state index contributed by atoms with van der Waals surface area (Å²) < 4.78 is 12.7. The van der Waals surface area contributed by atoms with Crippen molar-refractivity contribution in [3.8, 4) is 23.0 Å². The minimum absolute atomic E-state index is 0.0725. The van der Waals surface area contributed by atoms with Crippen LogP contribution in [0.1, 0.15) is 25.5 Å². The van der Waals surface area contributed by atoms with Crippen LogP contribution in [0, 0.1) is 5.92 Å². The third-order valence-corrected chi connectivity index (χ3v) is 6.11. The maximum Gasteiger partial charge on any atom is 0.230 e. The number of nitrogens with one attached hydrogen (secondary N) is 1. The lowest BCUT2D eigenvalue weighted by Gasteiger charge is -2.23. The monoisotopic (exact) mass is 462 g/mol. The number of hydrogen-bond donors (Lipinski definition) is 1. The van der Waals surface area contributed by atoms with Crippen molar-refractivity contribution >= 4 is 17.7 Å². The second kappa shape index (κ2) is 10.4. The second-order valence-corrected chi connectivity index (χ2v) is 8.75. The summed E-state index contributed by atoms with van der Waals surface area (Å²) in [5.41, 5.74) is 1.94. The van der Waals surface area contributed by atoms with Gasteiger partial charge in [0, 0.05) is 5.69 Å². The molecule has 4 aromatic rings. The Bertz CT molecular complexity index is 1170. The van der Waals surface area contributed by atoms with E-state index in [4.69, 9.17) is 9.15 Å². The number of rotatable bonds is 9. The highest BCUT2D eigenvalue weighted by molar-refractivity contribution is 7.99. The fourth-order valence-corrected chi connectivity index (χ4v) is 4.29. The number of furan rings is 1. The van der Waals surface area contributed by atoms with Crippen molar-refractivity contribution in [2.45, 2.75) is 25.0 Å². The molecule has 1 atom stereocenters. The van der Waals surface area contributed by atoms with E-state index in [2.05, 4.69) is 29.4 Å². The Hall–Kier alpha value is -3.52. The summed E-state index contributed by atoms with van der Waals surface area (Å²) in [7, 11) is 1.64. The van der Waals surface area contributed by atoms with E-state index in [1.807, 2.05) is 71.3 Å². The van der Waals surface area contributed by atoms with Crippen LogP contribution in [0.2, 0.25) is 0 Å². The highest BCUT2D eigenvalue weighted by atomic mass is 32.2. The summed E-state index contributed by atoms with van der Waals surface area (Å²) in [6.45, 7) is 4.17. The van der Waals surface area contributed by atoms with Gasteiger partial charge in [0.25, 0.3) is 0 Å². The van der Waals surface area contributed by atoms with Gasteiger partial charge >= 0.3 is 0 Å². The lowest BCUT2D eigenvalue weighted by atomic mass is 9.96. The highest BCUT2D eigenvalue weighted by Gasteiger charge is 2.21. The Kier molecular flexibility index (Phi) is 7.14. The number of aromatic nitrogens is 3. The van der Waals surface area contributed by atoms with Crippen LogP contribution in [-0.4, -0.2) is 33.5 Å². The van der Waals surface area contributed by atoms with E-state index >= 15 is 0 Å². The Morgan fingerprint density at radius 3 is 2.45 bits per heavy atom. The van der Waals surface area contributed by atoms with Gasteiger partial charge in [-0.2, -0.15) is 0 Å². The number of ether oxygens (including phenoxy) is 1. The Morgan fingerprint density at radius 1 is 1.06 bits per heavy atom. The highest BCUT2D eigenvalue weighted by Crippen LogP contribution is 2.29. The Morgan fingerprint density at radius 2 is 1.82 bits per heavy atom. The molecule has 2 aromatic heterocycles. The molecule has 170 valence electrons. The first kappa shape index (κ1) is 22.7. The molecule has 4 rings (SSSR count). The Labute approximate surface area is 197 Å². The van der Waals surface area contributed by atoms with Crippen molar-refractivity contribution in [1.29, 1.82) is 0 Å². The summed E-state index contributed by atoms with van der Waals surface area (Å²) in [4.78, 5) is 12.9. The number of carbonyl (C=O) groups is 1. The minimum Gasteiger partial charge on any atom is -0.497 e. The van der Waals surface area contributed by atoms with E-state index in [1.54, 1.807) is 13.4 Å². The van der Waals surface area contributed by atoms with Gasteiger partial charge in [0.15, 0.2) is 10.9 Å². The van der Waals surface area contributed by atoms with Gasteiger partial charge in [-0.15, -0.1) is 10.2 Å². The molecule has 1 N–H and O–H groups in total. The molecule has 1 unspecified atom stereocenters. The number of amides is 1. The molecule has 0 fully saturated rings. The molecular weight excluding hydrogens is 436 g/mol. The molecule has 33 heavy (non-hydrogen) atoms. The average molecular weight is 463 g/mol. The van der Waals surface area contributed by atoms with Crippen molar-refractivity contribution in [2.24, 2.45) is 5.92 Å². The van der Waals surface area contributed by atoms with Crippen LogP contribution < -0.4 is 10.1 Å². The first-order chi connectivity index (χ1) is 16.1. The Balaban J connectivity index is 1.51. The molecule has 2 aromatic carbocycles. The molecule has 0 saturated heterocycles. The van der Waals surface area contributed by atoms with Crippen LogP contribution in [0.25, 0.3) is 17.3 Å². The van der Waals surface area contributed by atoms with E-state index in [0.29, 0.717) is 16.7 Å². The first-order valence-electron chi connectivity index (χ1n) is 10.7. The smallest absolute Gasteiger partial charge is 0.230 e. The molecule has 0 radical (unpaired) electrons. The van der Waals surface area contributed by atoms with Crippen molar-refractivity contribution < 1.29 is 13.9 Å². The normalized spacial score (nSPS) is 12.0. The maximum absolute atomic E-state index is 12.9. The molecule has 1 amide bonds. The van der Waals surface area contributed by atoms with Gasteiger partial charge in [-0.3, -0.25) is 9.36 Å². The third-order valence-electron chi connectivity index (χ3n) is 5.18. The van der Waals surface area contributed by atoms with E-state index < -0.39 is 0 Å².